The first-order valence-corrected chi connectivity index (χ1v) is 8.10. The van der Waals surface area contributed by atoms with E-state index in [-0.39, 0.29) is 17.7 Å². The fraction of sp³-hybridized carbons (Fsp3) is 0.188. The van der Waals surface area contributed by atoms with Crippen molar-refractivity contribution in [1.29, 1.82) is 0 Å². The van der Waals surface area contributed by atoms with Crippen LogP contribution >= 0.6 is 39.1 Å². The van der Waals surface area contributed by atoms with Gasteiger partial charge in [-0.3, -0.25) is 4.79 Å². The lowest BCUT2D eigenvalue weighted by Gasteiger charge is -2.06. The summed E-state index contributed by atoms with van der Waals surface area (Å²) in [5.74, 6) is 0.223. The zero-order chi connectivity index (χ0) is 15.0. The van der Waals surface area contributed by atoms with Gasteiger partial charge in [-0.1, -0.05) is 45.2 Å². The molecule has 0 unspecified atom stereocenters. The third-order valence-electron chi connectivity index (χ3n) is 3.53. The highest BCUT2D eigenvalue weighted by atomic mass is 79.9. The van der Waals surface area contributed by atoms with Crippen LogP contribution in [0.4, 0.5) is 5.69 Å². The molecule has 2 atom stereocenters. The van der Waals surface area contributed by atoms with Gasteiger partial charge >= 0.3 is 0 Å². The number of carbonyl (C=O) groups excluding carboxylic acids is 1. The summed E-state index contributed by atoms with van der Waals surface area (Å²) in [6, 6.07) is 13.0. The van der Waals surface area contributed by atoms with E-state index >= 15 is 0 Å². The Bertz CT molecular complexity index is 684. The molecule has 5 heteroatoms. The van der Waals surface area contributed by atoms with Gasteiger partial charge in [0.2, 0.25) is 5.91 Å². The predicted octanol–water partition coefficient (Wildman–Crippen LogP) is 5.50. The van der Waals surface area contributed by atoms with Crippen molar-refractivity contribution in [2.24, 2.45) is 5.92 Å². The number of hydrogen-bond acceptors (Lipinski definition) is 1. The number of amides is 1. The third-order valence-corrected chi connectivity index (χ3v) is 4.46. The largest absolute Gasteiger partial charge is 0.326 e. The van der Waals surface area contributed by atoms with Crippen molar-refractivity contribution in [2.45, 2.75) is 12.3 Å². The Morgan fingerprint density at radius 3 is 2.52 bits per heavy atom. The van der Waals surface area contributed by atoms with E-state index in [9.17, 15) is 4.79 Å². The summed E-state index contributed by atoms with van der Waals surface area (Å²) in [5, 5.41) is 4.15. The first-order valence-electron chi connectivity index (χ1n) is 6.55. The van der Waals surface area contributed by atoms with Crippen LogP contribution < -0.4 is 5.32 Å². The standard InChI is InChI=1S/C16H12BrCl2NO/c17-10-2-1-3-13(6-10)20-16(21)15-8-14(15)9-4-11(18)7-12(19)5-9/h1-7,14-15H,8H2,(H,20,21)/t14-,15-/m1/s1. The van der Waals surface area contributed by atoms with Crippen LogP contribution in [-0.4, -0.2) is 5.91 Å². The van der Waals surface area contributed by atoms with Crippen LogP contribution in [0.2, 0.25) is 10.0 Å². The van der Waals surface area contributed by atoms with Crippen LogP contribution in [0, 0.1) is 5.92 Å². The van der Waals surface area contributed by atoms with E-state index in [1.165, 1.54) is 0 Å². The van der Waals surface area contributed by atoms with Crippen LogP contribution in [0.25, 0.3) is 0 Å². The van der Waals surface area contributed by atoms with E-state index in [4.69, 9.17) is 23.2 Å². The summed E-state index contributed by atoms with van der Waals surface area (Å²) < 4.78 is 0.939. The predicted molar refractivity (Wildman–Crippen MR) is 90.1 cm³/mol. The molecule has 2 aromatic carbocycles. The van der Waals surface area contributed by atoms with Gasteiger partial charge in [0.25, 0.3) is 0 Å². The Kier molecular flexibility index (Phi) is 4.25. The second-order valence-electron chi connectivity index (χ2n) is 5.15. The van der Waals surface area contributed by atoms with Crippen LogP contribution in [0.3, 0.4) is 0 Å². The molecular formula is C16H12BrCl2NO. The summed E-state index contributed by atoms with van der Waals surface area (Å²) in [6.07, 6.45) is 0.830. The van der Waals surface area contributed by atoms with Gasteiger partial charge < -0.3 is 5.32 Å². The Morgan fingerprint density at radius 1 is 1.14 bits per heavy atom. The zero-order valence-corrected chi connectivity index (χ0v) is 14.0. The minimum atomic E-state index is -0.0153. The maximum atomic E-state index is 12.2. The van der Waals surface area contributed by atoms with Crippen LogP contribution in [0.15, 0.2) is 46.9 Å². The van der Waals surface area contributed by atoms with E-state index in [0.717, 1.165) is 22.1 Å². The molecule has 0 aliphatic heterocycles. The number of anilines is 1. The van der Waals surface area contributed by atoms with Gasteiger partial charge in [0.1, 0.15) is 0 Å². The normalized spacial score (nSPS) is 20.1. The third kappa shape index (κ3) is 3.60. The molecular weight excluding hydrogens is 373 g/mol. The number of benzene rings is 2. The van der Waals surface area contributed by atoms with Crippen molar-refractivity contribution in [3.8, 4) is 0 Å². The molecule has 21 heavy (non-hydrogen) atoms. The lowest BCUT2D eigenvalue weighted by atomic mass is 10.1. The van der Waals surface area contributed by atoms with Crippen LogP contribution in [-0.2, 0) is 4.79 Å². The first kappa shape index (κ1) is 14.9. The fourth-order valence-corrected chi connectivity index (χ4v) is 3.39. The number of hydrogen-bond donors (Lipinski definition) is 1. The number of halogens is 3. The number of rotatable bonds is 3. The van der Waals surface area contributed by atoms with E-state index in [1.807, 2.05) is 36.4 Å². The number of nitrogens with one attached hydrogen (secondary N) is 1. The molecule has 0 saturated heterocycles. The smallest absolute Gasteiger partial charge is 0.228 e. The van der Waals surface area contributed by atoms with Crippen molar-refractivity contribution in [3.05, 3.63) is 62.5 Å². The SMILES string of the molecule is O=C(Nc1cccc(Br)c1)[C@@H]1C[C@@H]1c1cc(Cl)cc(Cl)c1. The summed E-state index contributed by atoms with van der Waals surface area (Å²) >= 11 is 15.4. The summed E-state index contributed by atoms with van der Waals surface area (Å²) in [6.45, 7) is 0. The van der Waals surface area contributed by atoms with Crippen molar-refractivity contribution in [2.75, 3.05) is 5.32 Å². The molecule has 1 saturated carbocycles. The van der Waals surface area contributed by atoms with Gasteiger partial charge in [-0.2, -0.15) is 0 Å². The summed E-state index contributed by atoms with van der Waals surface area (Å²) in [5.41, 5.74) is 1.83. The minimum Gasteiger partial charge on any atom is -0.326 e. The second kappa shape index (κ2) is 5.99. The van der Waals surface area contributed by atoms with Crippen molar-refractivity contribution < 1.29 is 4.79 Å². The maximum Gasteiger partial charge on any atom is 0.228 e. The van der Waals surface area contributed by atoms with Gasteiger partial charge in [0.15, 0.2) is 0 Å². The van der Waals surface area contributed by atoms with Gasteiger partial charge in [0, 0.05) is 26.1 Å². The molecule has 3 rings (SSSR count). The summed E-state index contributed by atoms with van der Waals surface area (Å²) in [4.78, 5) is 12.2. The average Bonchev–Trinajstić information content (AvgIpc) is 3.17. The lowest BCUT2D eigenvalue weighted by Crippen LogP contribution is -2.14. The average molecular weight is 385 g/mol. The Balaban J connectivity index is 1.68. The molecule has 0 aromatic heterocycles. The highest BCUT2D eigenvalue weighted by Crippen LogP contribution is 2.49. The molecule has 2 nitrogen and oxygen atoms in total. The van der Waals surface area contributed by atoms with E-state index in [2.05, 4.69) is 21.2 Å². The lowest BCUT2D eigenvalue weighted by molar-refractivity contribution is -0.117. The summed E-state index contributed by atoms with van der Waals surface area (Å²) in [7, 11) is 0. The Morgan fingerprint density at radius 2 is 1.86 bits per heavy atom. The van der Waals surface area contributed by atoms with E-state index < -0.39 is 0 Å². The molecule has 0 bridgehead atoms. The van der Waals surface area contributed by atoms with Gasteiger partial charge in [0.05, 0.1) is 0 Å². The number of carbonyl (C=O) groups is 1. The zero-order valence-electron chi connectivity index (χ0n) is 10.9. The molecule has 1 fully saturated rings. The van der Waals surface area contributed by atoms with E-state index in [0.29, 0.717) is 10.0 Å². The molecule has 1 amide bonds. The molecule has 108 valence electrons. The molecule has 1 aliphatic rings. The van der Waals surface area contributed by atoms with Crippen molar-refractivity contribution >= 4 is 50.7 Å². The van der Waals surface area contributed by atoms with Crippen molar-refractivity contribution in [3.63, 3.8) is 0 Å². The quantitative estimate of drug-likeness (QED) is 0.743. The second-order valence-corrected chi connectivity index (χ2v) is 6.94. The van der Waals surface area contributed by atoms with E-state index in [1.54, 1.807) is 6.07 Å². The molecule has 0 radical (unpaired) electrons. The van der Waals surface area contributed by atoms with Gasteiger partial charge in [-0.25, -0.2) is 0 Å². The van der Waals surface area contributed by atoms with Crippen molar-refractivity contribution in [1.82, 2.24) is 0 Å². The Hall–Kier alpha value is -1.03. The Labute approximate surface area is 141 Å². The molecule has 0 spiro atoms. The first-order chi connectivity index (χ1) is 10.0. The molecule has 0 heterocycles. The van der Waals surface area contributed by atoms with Gasteiger partial charge in [-0.05, 0) is 54.3 Å². The minimum absolute atomic E-state index is 0.0153. The topological polar surface area (TPSA) is 29.1 Å². The molecule has 1 N–H and O–H groups in total. The highest BCUT2D eigenvalue weighted by molar-refractivity contribution is 9.10. The molecule has 2 aromatic rings. The fourth-order valence-electron chi connectivity index (χ4n) is 2.44. The highest BCUT2D eigenvalue weighted by Gasteiger charge is 2.44. The maximum absolute atomic E-state index is 12.2. The molecule has 1 aliphatic carbocycles. The van der Waals surface area contributed by atoms with Crippen LogP contribution in [0.1, 0.15) is 17.9 Å². The van der Waals surface area contributed by atoms with Gasteiger partial charge in [-0.15, -0.1) is 0 Å². The van der Waals surface area contributed by atoms with Crippen LogP contribution in [0.5, 0.6) is 0 Å². The monoisotopic (exact) mass is 383 g/mol.